The number of carbonyl (C=O) groups excluding carboxylic acids is 2. The summed E-state index contributed by atoms with van der Waals surface area (Å²) in [5.41, 5.74) is 0.936. The van der Waals surface area contributed by atoms with Crippen LogP contribution in [0.1, 0.15) is 51.5 Å². The van der Waals surface area contributed by atoms with Gasteiger partial charge in [0, 0.05) is 37.3 Å². The number of hydrogen-bond donors (Lipinski definition) is 0. The summed E-state index contributed by atoms with van der Waals surface area (Å²) < 4.78 is 6.12. The van der Waals surface area contributed by atoms with Crippen molar-refractivity contribution in [3.63, 3.8) is 0 Å². The summed E-state index contributed by atoms with van der Waals surface area (Å²) in [6.45, 7) is 5.70. The minimum Gasteiger partial charge on any atom is -0.373 e. The highest BCUT2D eigenvalue weighted by Gasteiger charge is 2.41. The standard InChI is InChI=1S/C21H29N3O3/c1-21(2,16-7-10-22-11-8-16)14-23-12-9-19(25)24(20(23)26)13-17-5-6-18(27-17)15-3-4-15/h7-8,10-11,15,17-18H,3-6,9,12-14H2,1-2H3/t17-,18+/m0/s1. The quantitative estimate of drug-likeness (QED) is 0.771. The average molecular weight is 371 g/mol. The molecule has 1 aromatic heterocycles. The number of nitrogens with zero attached hydrogens (tertiary/aromatic N) is 3. The van der Waals surface area contributed by atoms with Gasteiger partial charge < -0.3 is 9.64 Å². The summed E-state index contributed by atoms with van der Waals surface area (Å²) in [5, 5.41) is 0. The topological polar surface area (TPSA) is 62.7 Å². The van der Waals surface area contributed by atoms with Gasteiger partial charge in [0.05, 0.1) is 18.8 Å². The Labute approximate surface area is 160 Å². The summed E-state index contributed by atoms with van der Waals surface area (Å²) in [7, 11) is 0. The van der Waals surface area contributed by atoms with Crippen LogP contribution < -0.4 is 0 Å². The zero-order chi connectivity index (χ0) is 19.0. The van der Waals surface area contributed by atoms with Crippen LogP contribution in [0.25, 0.3) is 0 Å². The Balaban J connectivity index is 1.40. The highest BCUT2D eigenvalue weighted by atomic mass is 16.5. The SMILES string of the molecule is CC(C)(CN1CCC(=O)N(C[C@@H]2CC[C@H](C3CC3)O2)C1=O)c1ccncc1. The molecule has 3 aliphatic rings. The van der Waals surface area contributed by atoms with E-state index < -0.39 is 0 Å². The van der Waals surface area contributed by atoms with E-state index in [-0.39, 0.29) is 23.5 Å². The molecular formula is C21H29N3O3. The first kappa shape index (κ1) is 18.4. The van der Waals surface area contributed by atoms with Gasteiger partial charge >= 0.3 is 6.03 Å². The molecule has 2 saturated heterocycles. The monoisotopic (exact) mass is 371 g/mol. The molecule has 2 aliphatic heterocycles. The van der Waals surface area contributed by atoms with Crippen molar-refractivity contribution in [3.8, 4) is 0 Å². The number of rotatable bonds is 6. The summed E-state index contributed by atoms with van der Waals surface area (Å²) >= 11 is 0. The lowest BCUT2D eigenvalue weighted by Crippen LogP contribution is -2.56. The van der Waals surface area contributed by atoms with Crippen LogP contribution in [0.2, 0.25) is 0 Å². The minimum absolute atomic E-state index is 0.00309. The van der Waals surface area contributed by atoms with Crippen LogP contribution >= 0.6 is 0 Å². The molecule has 0 radical (unpaired) electrons. The van der Waals surface area contributed by atoms with E-state index in [1.807, 2.05) is 17.0 Å². The van der Waals surface area contributed by atoms with Crippen LogP contribution in [-0.4, -0.2) is 58.6 Å². The largest absolute Gasteiger partial charge is 0.373 e. The maximum atomic E-state index is 13.0. The minimum atomic E-state index is -0.203. The molecule has 146 valence electrons. The van der Waals surface area contributed by atoms with Gasteiger partial charge in [-0.3, -0.25) is 14.7 Å². The Morgan fingerprint density at radius 2 is 1.89 bits per heavy atom. The highest BCUT2D eigenvalue weighted by molar-refractivity contribution is 5.96. The van der Waals surface area contributed by atoms with Gasteiger partial charge in [0.15, 0.2) is 0 Å². The number of pyridine rings is 1. The van der Waals surface area contributed by atoms with E-state index >= 15 is 0 Å². The van der Waals surface area contributed by atoms with Crippen LogP contribution in [0.15, 0.2) is 24.5 Å². The molecule has 0 aromatic carbocycles. The average Bonchev–Trinajstić information content (AvgIpc) is 3.41. The van der Waals surface area contributed by atoms with Crippen LogP contribution in [0.3, 0.4) is 0 Å². The van der Waals surface area contributed by atoms with Crippen molar-refractivity contribution in [2.75, 3.05) is 19.6 Å². The van der Waals surface area contributed by atoms with Crippen molar-refractivity contribution in [1.82, 2.24) is 14.8 Å². The van der Waals surface area contributed by atoms with Gasteiger partial charge in [0.2, 0.25) is 5.91 Å². The molecule has 6 heteroatoms. The first-order valence-corrected chi connectivity index (χ1v) is 10.1. The fourth-order valence-corrected chi connectivity index (χ4v) is 4.32. The van der Waals surface area contributed by atoms with Crippen LogP contribution in [0.5, 0.6) is 0 Å². The highest BCUT2D eigenvalue weighted by Crippen LogP contribution is 2.40. The Hall–Kier alpha value is -1.95. The van der Waals surface area contributed by atoms with Gasteiger partial charge in [-0.05, 0) is 49.3 Å². The molecule has 3 heterocycles. The van der Waals surface area contributed by atoms with Gasteiger partial charge in [0.25, 0.3) is 0 Å². The van der Waals surface area contributed by atoms with E-state index in [9.17, 15) is 9.59 Å². The van der Waals surface area contributed by atoms with Gasteiger partial charge in [0.1, 0.15) is 0 Å². The molecule has 1 saturated carbocycles. The van der Waals surface area contributed by atoms with Crippen LogP contribution in [-0.2, 0) is 14.9 Å². The Morgan fingerprint density at radius 1 is 1.15 bits per heavy atom. The zero-order valence-electron chi connectivity index (χ0n) is 16.3. The van der Waals surface area contributed by atoms with E-state index in [0.29, 0.717) is 38.1 Å². The molecule has 3 amide bonds. The molecule has 0 N–H and O–H groups in total. The Morgan fingerprint density at radius 3 is 2.59 bits per heavy atom. The van der Waals surface area contributed by atoms with Crippen molar-refractivity contribution in [3.05, 3.63) is 30.1 Å². The number of amides is 3. The maximum absolute atomic E-state index is 13.0. The summed E-state index contributed by atoms with van der Waals surface area (Å²) in [5.74, 6) is 0.636. The number of aromatic nitrogens is 1. The fraction of sp³-hybridized carbons (Fsp3) is 0.667. The van der Waals surface area contributed by atoms with Crippen LogP contribution in [0.4, 0.5) is 4.79 Å². The molecule has 4 rings (SSSR count). The third-order valence-electron chi connectivity index (χ3n) is 6.12. The molecule has 27 heavy (non-hydrogen) atoms. The molecule has 0 unspecified atom stereocenters. The molecular weight excluding hydrogens is 342 g/mol. The smallest absolute Gasteiger partial charge is 0.326 e. The Bertz CT molecular complexity index is 702. The molecule has 0 spiro atoms. The number of imide groups is 1. The van der Waals surface area contributed by atoms with Gasteiger partial charge in [-0.1, -0.05) is 13.8 Å². The first-order chi connectivity index (χ1) is 12.9. The molecule has 0 bridgehead atoms. The van der Waals surface area contributed by atoms with E-state index in [1.165, 1.54) is 17.7 Å². The maximum Gasteiger partial charge on any atom is 0.326 e. The lowest BCUT2D eigenvalue weighted by atomic mass is 9.84. The summed E-state index contributed by atoms with van der Waals surface area (Å²) in [6, 6.07) is 3.80. The second kappa shape index (κ2) is 7.23. The molecule has 2 atom stereocenters. The molecule has 3 fully saturated rings. The number of carbonyl (C=O) groups is 2. The van der Waals surface area contributed by atoms with Crippen molar-refractivity contribution in [1.29, 1.82) is 0 Å². The van der Waals surface area contributed by atoms with Gasteiger partial charge in [-0.2, -0.15) is 0 Å². The summed E-state index contributed by atoms with van der Waals surface area (Å²) in [4.78, 5) is 32.8. The van der Waals surface area contributed by atoms with Crippen molar-refractivity contribution in [2.24, 2.45) is 5.92 Å². The number of ether oxygens (including phenoxy) is 1. The van der Waals surface area contributed by atoms with Crippen LogP contribution in [0, 0.1) is 5.92 Å². The third-order valence-corrected chi connectivity index (χ3v) is 6.12. The van der Waals surface area contributed by atoms with E-state index in [2.05, 4.69) is 18.8 Å². The van der Waals surface area contributed by atoms with Crippen molar-refractivity contribution >= 4 is 11.9 Å². The lowest BCUT2D eigenvalue weighted by molar-refractivity contribution is -0.132. The lowest BCUT2D eigenvalue weighted by Gasteiger charge is -2.39. The Kier molecular flexibility index (Phi) is 4.93. The first-order valence-electron chi connectivity index (χ1n) is 10.1. The number of hydrogen-bond acceptors (Lipinski definition) is 4. The normalized spacial score (nSPS) is 26.7. The molecule has 1 aromatic rings. The van der Waals surface area contributed by atoms with E-state index in [0.717, 1.165) is 18.4 Å². The van der Waals surface area contributed by atoms with Crippen molar-refractivity contribution < 1.29 is 14.3 Å². The second-order valence-corrected chi connectivity index (χ2v) is 8.79. The second-order valence-electron chi connectivity index (χ2n) is 8.79. The van der Waals surface area contributed by atoms with Gasteiger partial charge in [-0.15, -0.1) is 0 Å². The molecule has 1 aliphatic carbocycles. The number of urea groups is 1. The fourth-order valence-electron chi connectivity index (χ4n) is 4.32. The van der Waals surface area contributed by atoms with Gasteiger partial charge in [-0.25, -0.2) is 4.79 Å². The molecule has 6 nitrogen and oxygen atoms in total. The summed E-state index contributed by atoms with van der Waals surface area (Å²) in [6.07, 6.45) is 8.80. The van der Waals surface area contributed by atoms with E-state index in [1.54, 1.807) is 12.4 Å². The van der Waals surface area contributed by atoms with Crippen molar-refractivity contribution in [2.45, 2.75) is 63.6 Å². The van der Waals surface area contributed by atoms with E-state index in [4.69, 9.17) is 4.74 Å². The predicted octanol–water partition coefficient (Wildman–Crippen LogP) is 2.97. The zero-order valence-corrected chi connectivity index (χ0v) is 16.3. The third kappa shape index (κ3) is 4.00. The predicted molar refractivity (Wildman–Crippen MR) is 101 cm³/mol.